The van der Waals surface area contributed by atoms with Crippen molar-refractivity contribution in [1.29, 1.82) is 0 Å². The summed E-state index contributed by atoms with van der Waals surface area (Å²) in [6.07, 6.45) is 3.66. The first-order valence-corrected chi connectivity index (χ1v) is 10.3. The van der Waals surface area contributed by atoms with E-state index in [0.717, 1.165) is 38.3 Å². The van der Waals surface area contributed by atoms with Gasteiger partial charge in [-0.1, -0.05) is 18.2 Å². The molecule has 26 heavy (non-hydrogen) atoms. The maximum Gasteiger partial charge on any atom is 0.220 e. The average molecular weight is 373 g/mol. The molecule has 0 saturated carbocycles. The first-order chi connectivity index (χ1) is 12.7. The Balaban J connectivity index is 1.31. The van der Waals surface area contributed by atoms with Gasteiger partial charge in [0.2, 0.25) is 5.91 Å². The summed E-state index contributed by atoms with van der Waals surface area (Å²) >= 11 is 1.83. The number of carbonyl (C=O) groups excluding carboxylic acids is 1. The summed E-state index contributed by atoms with van der Waals surface area (Å²) < 4.78 is 5.15. The van der Waals surface area contributed by atoms with Crippen LogP contribution in [0.15, 0.2) is 41.8 Å². The normalized spacial score (nSPS) is 15.7. The second-order valence-electron chi connectivity index (χ2n) is 6.95. The molecule has 1 amide bonds. The Kier molecular flexibility index (Phi) is 7.09. The van der Waals surface area contributed by atoms with Crippen LogP contribution in [0.4, 0.5) is 0 Å². The summed E-state index contributed by atoms with van der Waals surface area (Å²) in [7, 11) is 1.66. The van der Waals surface area contributed by atoms with Crippen molar-refractivity contribution in [3.05, 3.63) is 52.2 Å². The lowest BCUT2D eigenvalue weighted by atomic mass is 9.96. The predicted molar refractivity (Wildman–Crippen MR) is 107 cm³/mol. The van der Waals surface area contributed by atoms with Gasteiger partial charge in [-0.2, -0.15) is 0 Å². The summed E-state index contributed by atoms with van der Waals surface area (Å²) in [5.74, 6) is 1.62. The van der Waals surface area contributed by atoms with E-state index in [0.29, 0.717) is 12.3 Å². The molecule has 4 nitrogen and oxygen atoms in total. The molecule has 0 radical (unpaired) electrons. The number of nitrogens with zero attached hydrogens (tertiary/aromatic N) is 1. The summed E-state index contributed by atoms with van der Waals surface area (Å²) in [6, 6.07) is 12.3. The van der Waals surface area contributed by atoms with Crippen LogP contribution in [0, 0.1) is 5.92 Å². The Labute approximate surface area is 160 Å². The Morgan fingerprint density at radius 3 is 2.65 bits per heavy atom. The van der Waals surface area contributed by atoms with E-state index in [4.69, 9.17) is 4.74 Å². The molecule has 1 aromatic heterocycles. The highest BCUT2D eigenvalue weighted by Crippen LogP contribution is 2.20. The second-order valence-corrected chi connectivity index (χ2v) is 7.98. The third kappa shape index (κ3) is 5.85. The van der Waals surface area contributed by atoms with Crippen molar-refractivity contribution in [2.45, 2.75) is 32.2 Å². The number of amides is 1. The molecule has 1 fully saturated rings. The number of hydrogen-bond acceptors (Lipinski definition) is 4. The van der Waals surface area contributed by atoms with E-state index in [2.05, 4.69) is 27.7 Å². The van der Waals surface area contributed by atoms with Crippen LogP contribution in [-0.4, -0.2) is 37.6 Å². The fourth-order valence-corrected chi connectivity index (χ4v) is 4.11. The number of methoxy groups -OCH3 is 1. The first kappa shape index (κ1) is 18.9. The predicted octanol–water partition coefficient (Wildman–Crippen LogP) is 3.72. The molecule has 0 bridgehead atoms. The molecule has 140 valence electrons. The molecule has 0 unspecified atom stereocenters. The SMILES string of the molecule is COc1ccc(CCC(=O)NCC2CCN(Cc3cccs3)CC2)cc1. The highest BCUT2D eigenvalue weighted by Gasteiger charge is 2.19. The van der Waals surface area contributed by atoms with Crippen LogP contribution >= 0.6 is 11.3 Å². The lowest BCUT2D eigenvalue weighted by molar-refractivity contribution is -0.121. The highest BCUT2D eigenvalue weighted by molar-refractivity contribution is 7.09. The van der Waals surface area contributed by atoms with Gasteiger partial charge in [-0.05, 0) is 67.4 Å². The van der Waals surface area contributed by atoms with Gasteiger partial charge in [-0.25, -0.2) is 0 Å². The molecule has 1 aliphatic heterocycles. The highest BCUT2D eigenvalue weighted by atomic mass is 32.1. The largest absolute Gasteiger partial charge is 0.497 e. The fourth-order valence-electron chi connectivity index (χ4n) is 3.37. The van der Waals surface area contributed by atoms with Crippen molar-refractivity contribution in [2.75, 3.05) is 26.7 Å². The Bertz CT molecular complexity index is 662. The Morgan fingerprint density at radius 2 is 2.00 bits per heavy atom. The van der Waals surface area contributed by atoms with E-state index in [1.54, 1.807) is 7.11 Å². The van der Waals surface area contributed by atoms with Gasteiger partial charge in [0.15, 0.2) is 0 Å². The minimum Gasteiger partial charge on any atom is -0.497 e. The standard InChI is InChI=1S/C21H28N2O2S/c1-25-19-7-4-17(5-8-19)6-9-21(24)22-15-18-10-12-23(13-11-18)16-20-3-2-14-26-20/h2-5,7-8,14,18H,6,9-13,15-16H2,1H3,(H,22,24). The van der Waals surface area contributed by atoms with Crippen LogP contribution in [0.2, 0.25) is 0 Å². The van der Waals surface area contributed by atoms with Crippen LogP contribution in [0.1, 0.15) is 29.7 Å². The van der Waals surface area contributed by atoms with E-state index in [-0.39, 0.29) is 5.91 Å². The number of rotatable bonds is 8. The molecule has 3 rings (SSSR count). The number of carbonyl (C=O) groups is 1. The molecule has 0 aliphatic carbocycles. The number of likely N-dealkylation sites (tertiary alicyclic amines) is 1. The number of thiophene rings is 1. The van der Waals surface area contributed by atoms with Gasteiger partial charge in [0.25, 0.3) is 0 Å². The molecule has 1 aliphatic rings. The summed E-state index contributed by atoms with van der Waals surface area (Å²) in [4.78, 5) is 16.1. The van der Waals surface area contributed by atoms with E-state index in [1.165, 1.54) is 23.3 Å². The van der Waals surface area contributed by atoms with Crippen LogP contribution in [0.5, 0.6) is 5.75 Å². The molecular formula is C21H28N2O2S. The third-order valence-corrected chi connectivity index (χ3v) is 5.92. The van der Waals surface area contributed by atoms with Crippen LogP contribution in [0.25, 0.3) is 0 Å². The van der Waals surface area contributed by atoms with Gasteiger partial charge < -0.3 is 10.1 Å². The number of benzene rings is 1. The minimum absolute atomic E-state index is 0.154. The number of piperidine rings is 1. The number of hydrogen-bond donors (Lipinski definition) is 1. The van der Waals surface area contributed by atoms with Crippen LogP contribution in [0.3, 0.4) is 0 Å². The number of nitrogens with one attached hydrogen (secondary N) is 1. The lowest BCUT2D eigenvalue weighted by Crippen LogP contribution is -2.38. The zero-order valence-electron chi connectivity index (χ0n) is 15.4. The van der Waals surface area contributed by atoms with Crippen molar-refractivity contribution in [2.24, 2.45) is 5.92 Å². The summed E-state index contributed by atoms with van der Waals surface area (Å²) in [5, 5.41) is 5.27. The lowest BCUT2D eigenvalue weighted by Gasteiger charge is -2.31. The molecule has 5 heteroatoms. The average Bonchev–Trinajstić information content (AvgIpc) is 3.19. The molecule has 1 aromatic carbocycles. The first-order valence-electron chi connectivity index (χ1n) is 9.37. The van der Waals surface area contributed by atoms with Crippen LogP contribution < -0.4 is 10.1 Å². The van der Waals surface area contributed by atoms with Gasteiger partial charge >= 0.3 is 0 Å². The molecule has 1 saturated heterocycles. The third-order valence-electron chi connectivity index (χ3n) is 5.05. The molecule has 0 atom stereocenters. The van der Waals surface area contributed by atoms with Crippen molar-refractivity contribution in [3.8, 4) is 5.75 Å². The smallest absolute Gasteiger partial charge is 0.220 e. The van der Waals surface area contributed by atoms with Gasteiger partial charge in [0.05, 0.1) is 7.11 Å². The maximum atomic E-state index is 12.1. The van der Waals surface area contributed by atoms with Gasteiger partial charge in [0.1, 0.15) is 5.75 Å². The fraction of sp³-hybridized carbons (Fsp3) is 0.476. The van der Waals surface area contributed by atoms with Gasteiger partial charge in [0, 0.05) is 24.4 Å². The van der Waals surface area contributed by atoms with Crippen LogP contribution in [-0.2, 0) is 17.8 Å². The van der Waals surface area contributed by atoms with Crippen molar-refractivity contribution >= 4 is 17.2 Å². The topological polar surface area (TPSA) is 41.6 Å². The van der Waals surface area contributed by atoms with Crippen molar-refractivity contribution in [1.82, 2.24) is 10.2 Å². The van der Waals surface area contributed by atoms with E-state index >= 15 is 0 Å². The van der Waals surface area contributed by atoms with Crippen molar-refractivity contribution in [3.63, 3.8) is 0 Å². The molecular weight excluding hydrogens is 344 g/mol. The molecule has 1 N–H and O–H groups in total. The summed E-state index contributed by atoms with van der Waals surface area (Å²) in [5.41, 5.74) is 1.17. The zero-order valence-corrected chi connectivity index (χ0v) is 16.3. The van der Waals surface area contributed by atoms with Crippen molar-refractivity contribution < 1.29 is 9.53 Å². The molecule has 0 spiro atoms. The zero-order chi connectivity index (χ0) is 18.2. The Morgan fingerprint density at radius 1 is 1.23 bits per heavy atom. The minimum atomic E-state index is 0.154. The van der Waals surface area contributed by atoms with E-state index < -0.39 is 0 Å². The molecule has 2 aromatic rings. The van der Waals surface area contributed by atoms with Gasteiger partial charge in [-0.3, -0.25) is 9.69 Å². The number of aryl methyl sites for hydroxylation is 1. The maximum absolute atomic E-state index is 12.1. The quantitative estimate of drug-likeness (QED) is 0.768. The van der Waals surface area contributed by atoms with E-state index in [1.807, 2.05) is 35.6 Å². The molecule has 2 heterocycles. The van der Waals surface area contributed by atoms with Gasteiger partial charge in [-0.15, -0.1) is 11.3 Å². The summed E-state index contributed by atoms with van der Waals surface area (Å²) in [6.45, 7) is 4.14. The Hall–Kier alpha value is -1.85. The number of ether oxygens (including phenoxy) is 1. The monoisotopic (exact) mass is 372 g/mol. The van der Waals surface area contributed by atoms with E-state index in [9.17, 15) is 4.79 Å². The second kappa shape index (κ2) is 9.74.